The molecule has 0 saturated carbocycles. The summed E-state index contributed by atoms with van der Waals surface area (Å²) in [7, 11) is 0. The van der Waals surface area contributed by atoms with Crippen molar-refractivity contribution in [2.45, 2.75) is 39.5 Å². The van der Waals surface area contributed by atoms with Gasteiger partial charge < -0.3 is 15.2 Å². The largest absolute Gasteiger partial charge is 0.396 e. The van der Waals surface area contributed by atoms with Gasteiger partial charge in [-0.3, -0.25) is 0 Å². The van der Waals surface area contributed by atoms with E-state index in [4.69, 9.17) is 9.84 Å². The van der Waals surface area contributed by atoms with Crippen LogP contribution in [0.1, 0.15) is 39.5 Å². The van der Waals surface area contributed by atoms with E-state index in [1.165, 1.54) is 6.42 Å². The SMILES string of the molecule is CCCCOCCNCCCC(C)CO. The minimum absolute atomic E-state index is 0.306. The summed E-state index contributed by atoms with van der Waals surface area (Å²) in [4.78, 5) is 0. The molecular formula is C12H27NO2. The second-order valence-electron chi connectivity index (χ2n) is 4.15. The van der Waals surface area contributed by atoms with E-state index in [0.29, 0.717) is 12.5 Å². The van der Waals surface area contributed by atoms with Gasteiger partial charge in [0.25, 0.3) is 0 Å². The van der Waals surface area contributed by atoms with E-state index in [2.05, 4.69) is 19.2 Å². The van der Waals surface area contributed by atoms with Crippen LogP contribution in [0.5, 0.6) is 0 Å². The number of aliphatic hydroxyl groups excluding tert-OH is 1. The lowest BCUT2D eigenvalue weighted by Crippen LogP contribution is -2.21. The smallest absolute Gasteiger partial charge is 0.0590 e. The Balaban J connectivity index is 2.92. The molecule has 2 N–H and O–H groups in total. The lowest BCUT2D eigenvalue weighted by Gasteiger charge is -2.08. The number of ether oxygens (including phenoxy) is 1. The first kappa shape index (κ1) is 14.9. The molecule has 0 spiro atoms. The Kier molecular flexibility index (Phi) is 11.9. The zero-order valence-electron chi connectivity index (χ0n) is 10.3. The molecule has 0 aliphatic heterocycles. The van der Waals surface area contributed by atoms with E-state index in [9.17, 15) is 0 Å². The van der Waals surface area contributed by atoms with Gasteiger partial charge in [0.1, 0.15) is 0 Å². The normalized spacial score (nSPS) is 13.0. The van der Waals surface area contributed by atoms with Crippen LogP contribution in [-0.2, 0) is 4.74 Å². The molecule has 0 fully saturated rings. The monoisotopic (exact) mass is 217 g/mol. The Morgan fingerprint density at radius 2 is 2.00 bits per heavy atom. The molecule has 3 nitrogen and oxygen atoms in total. The molecule has 1 unspecified atom stereocenters. The number of rotatable bonds is 11. The van der Waals surface area contributed by atoms with Crippen molar-refractivity contribution in [1.82, 2.24) is 5.32 Å². The minimum Gasteiger partial charge on any atom is -0.396 e. The third kappa shape index (κ3) is 11.8. The van der Waals surface area contributed by atoms with E-state index in [-0.39, 0.29) is 0 Å². The highest BCUT2D eigenvalue weighted by molar-refractivity contribution is 4.53. The first-order valence-electron chi connectivity index (χ1n) is 6.20. The second-order valence-corrected chi connectivity index (χ2v) is 4.15. The van der Waals surface area contributed by atoms with Gasteiger partial charge in [0, 0.05) is 19.8 Å². The van der Waals surface area contributed by atoms with E-state index in [1.807, 2.05) is 0 Å². The van der Waals surface area contributed by atoms with Gasteiger partial charge in [-0.2, -0.15) is 0 Å². The van der Waals surface area contributed by atoms with Crippen molar-refractivity contribution in [2.24, 2.45) is 5.92 Å². The van der Waals surface area contributed by atoms with Gasteiger partial charge in [0.2, 0.25) is 0 Å². The third-order valence-electron chi connectivity index (χ3n) is 2.43. The Labute approximate surface area is 94.2 Å². The summed E-state index contributed by atoms with van der Waals surface area (Å²) in [6.45, 7) is 8.23. The van der Waals surface area contributed by atoms with Crippen molar-refractivity contribution in [3.63, 3.8) is 0 Å². The molecule has 0 saturated heterocycles. The van der Waals surface area contributed by atoms with Gasteiger partial charge in [-0.05, 0) is 31.7 Å². The number of nitrogens with one attached hydrogen (secondary N) is 1. The molecular weight excluding hydrogens is 190 g/mol. The highest BCUT2D eigenvalue weighted by atomic mass is 16.5. The van der Waals surface area contributed by atoms with Crippen molar-refractivity contribution in [3.05, 3.63) is 0 Å². The molecule has 0 rings (SSSR count). The zero-order chi connectivity index (χ0) is 11.4. The van der Waals surface area contributed by atoms with E-state index < -0.39 is 0 Å². The van der Waals surface area contributed by atoms with Gasteiger partial charge >= 0.3 is 0 Å². The van der Waals surface area contributed by atoms with Crippen LogP contribution in [0, 0.1) is 5.92 Å². The Bertz CT molecular complexity index is 120. The molecule has 15 heavy (non-hydrogen) atoms. The Morgan fingerprint density at radius 1 is 1.20 bits per heavy atom. The number of hydrogen-bond acceptors (Lipinski definition) is 3. The highest BCUT2D eigenvalue weighted by Gasteiger charge is 1.98. The van der Waals surface area contributed by atoms with Gasteiger partial charge in [0.15, 0.2) is 0 Å². The van der Waals surface area contributed by atoms with Crippen LogP contribution >= 0.6 is 0 Å². The van der Waals surface area contributed by atoms with E-state index >= 15 is 0 Å². The van der Waals surface area contributed by atoms with Crippen molar-refractivity contribution in [1.29, 1.82) is 0 Å². The standard InChI is InChI=1S/C12H27NO2/c1-3-4-9-15-10-8-13-7-5-6-12(2)11-14/h12-14H,3-11H2,1-2H3. The van der Waals surface area contributed by atoms with Crippen LogP contribution in [0.2, 0.25) is 0 Å². The maximum absolute atomic E-state index is 8.82. The summed E-state index contributed by atoms with van der Waals surface area (Å²) in [6, 6.07) is 0. The first-order valence-corrected chi connectivity index (χ1v) is 6.20. The summed E-state index contributed by atoms with van der Waals surface area (Å²) in [5, 5.41) is 12.2. The summed E-state index contributed by atoms with van der Waals surface area (Å²) < 4.78 is 5.42. The van der Waals surface area contributed by atoms with Crippen LogP contribution in [0.3, 0.4) is 0 Å². The summed E-state index contributed by atoms with van der Waals surface area (Å²) >= 11 is 0. The molecule has 0 aromatic rings. The predicted molar refractivity (Wildman–Crippen MR) is 64.1 cm³/mol. The topological polar surface area (TPSA) is 41.5 Å². The highest BCUT2D eigenvalue weighted by Crippen LogP contribution is 2.02. The summed E-state index contributed by atoms with van der Waals surface area (Å²) in [6.07, 6.45) is 4.59. The van der Waals surface area contributed by atoms with E-state index in [1.54, 1.807) is 0 Å². The fourth-order valence-corrected chi connectivity index (χ4v) is 1.28. The predicted octanol–water partition coefficient (Wildman–Crippen LogP) is 1.80. The fraction of sp³-hybridized carbons (Fsp3) is 1.00. The van der Waals surface area contributed by atoms with Crippen molar-refractivity contribution >= 4 is 0 Å². The molecule has 3 heteroatoms. The molecule has 0 amide bonds. The molecule has 0 radical (unpaired) electrons. The molecule has 0 aliphatic carbocycles. The Morgan fingerprint density at radius 3 is 2.67 bits per heavy atom. The Hall–Kier alpha value is -0.120. The van der Waals surface area contributed by atoms with Crippen LogP contribution in [-0.4, -0.2) is 38.0 Å². The van der Waals surface area contributed by atoms with Crippen LogP contribution in [0.4, 0.5) is 0 Å². The molecule has 1 atom stereocenters. The number of hydrogen-bond donors (Lipinski definition) is 2. The maximum Gasteiger partial charge on any atom is 0.0590 e. The lowest BCUT2D eigenvalue weighted by molar-refractivity contribution is 0.133. The third-order valence-corrected chi connectivity index (χ3v) is 2.43. The van der Waals surface area contributed by atoms with Crippen LogP contribution in [0.25, 0.3) is 0 Å². The number of unbranched alkanes of at least 4 members (excludes halogenated alkanes) is 1. The minimum atomic E-state index is 0.306. The quantitative estimate of drug-likeness (QED) is 0.519. The molecule has 0 aliphatic rings. The average Bonchev–Trinajstić information content (AvgIpc) is 2.26. The van der Waals surface area contributed by atoms with Crippen LogP contribution < -0.4 is 5.32 Å². The van der Waals surface area contributed by atoms with Crippen molar-refractivity contribution < 1.29 is 9.84 Å². The molecule has 0 heterocycles. The molecule has 0 aromatic heterocycles. The van der Waals surface area contributed by atoms with Gasteiger partial charge in [0.05, 0.1) is 6.61 Å². The fourth-order valence-electron chi connectivity index (χ4n) is 1.28. The van der Waals surface area contributed by atoms with Gasteiger partial charge in [-0.25, -0.2) is 0 Å². The van der Waals surface area contributed by atoms with Gasteiger partial charge in [-0.15, -0.1) is 0 Å². The van der Waals surface area contributed by atoms with Crippen molar-refractivity contribution in [2.75, 3.05) is 32.9 Å². The average molecular weight is 217 g/mol. The second kappa shape index (κ2) is 12.0. The molecule has 0 bridgehead atoms. The molecule has 0 aromatic carbocycles. The number of aliphatic hydroxyl groups is 1. The van der Waals surface area contributed by atoms with Crippen LogP contribution in [0.15, 0.2) is 0 Å². The molecule has 92 valence electrons. The van der Waals surface area contributed by atoms with Crippen molar-refractivity contribution in [3.8, 4) is 0 Å². The maximum atomic E-state index is 8.82. The van der Waals surface area contributed by atoms with Gasteiger partial charge in [-0.1, -0.05) is 20.3 Å². The zero-order valence-corrected chi connectivity index (χ0v) is 10.3. The summed E-state index contributed by atoms with van der Waals surface area (Å²) in [5.74, 6) is 0.438. The summed E-state index contributed by atoms with van der Waals surface area (Å²) in [5.41, 5.74) is 0. The first-order chi connectivity index (χ1) is 7.31. The lowest BCUT2D eigenvalue weighted by atomic mass is 10.1. The van der Waals surface area contributed by atoms with E-state index in [0.717, 1.165) is 45.6 Å².